The van der Waals surface area contributed by atoms with E-state index >= 15 is 0 Å². The van der Waals surface area contributed by atoms with E-state index in [1.54, 1.807) is 36.0 Å². The minimum atomic E-state index is -3.40. The first-order valence-corrected chi connectivity index (χ1v) is 8.89. The van der Waals surface area contributed by atoms with Crippen molar-refractivity contribution in [2.24, 2.45) is 0 Å². The Balaban J connectivity index is 2.75. The second kappa shape index (κ2) is 6.78. The molecule has 3 nitrogen and oxygen atoms in total. The molecule has 0 aliphatic carbocycles. The van der Waals surface area contributed by atoms with Crippen LogP contribution in [0.1, 0.15) is 13.3 Å². The van der Waals surface area contributed by atoms with Gasteiger partial charge in [0.05, 0.1) is 4.90 Å². The molecule has 1 aromatic rings. The van der Waals surface area contributed by atoms with E-state index in [-0.39, 0.29) is 6.04 Å². The zero-order valence-corrected chi connectivity index (χ0v) is 13.0. The van der Waals surface area contributed by atoms with Crippen LogP contribution in [-0.2, 0) is 10.0 Å². The predicted molar refractivity (Wildman–Crippen MR) is 76.9 cm³/mol. The second-order valence-corrected chi connectivity index (χ2v) is 7.38. The highest BCUT2D eigenvalue weighted by Crippen LogP contribution is 2.16. The molecule has 1 atom stereocenters. The molecule has 1 aromatic carbocycles. The van der Waals surface area contributed by atoms with Crippen LogP contribution in [0.2, 0.25) is 0 Å². The number of hydrogen-bond donors (Lipinski definition) is 1. The topological polar surface area (TPSA) is 46.2 Å². The lowest BCUT2D eigenvalue weighted by atomic mass is 10.3. The zero-order valence-electron chi connectivity index (χ0n) is 9.81. The highest BCUT2D eigenvalue weighted by molar-refractivity contribution is 9.10. The molecule has 0 aliphatic heterocycles. The van der Waals surface area contributed by atoms with Gasteiger partial charge in [0.25, 0.3) is 0 Å². The number of nitrogens with one attached hydrogen (secondary N) is 1. The standard InChI is InChI=1S/C11H16BrNO2S2/c1-9(6-7-16-2)13-17(14,15)11-5-3-4-10(12)8-11/h3-5,8-9,13H,6-7H2,1-2H3. The third-order valence-electron chi connectivity index (χ3n) is 2.22. The first kappa shape index (κ1) is 15.0. The monoisotopic (exact) mass is 337 g/mol. The van der Waals surface area contributed by atoms with Crippen molar-refractivity contribution in [1.82, 2.24) is 4.72 Å². The summed E-state index contributed by atoms with van der Waals surface area (Å²) in [6.07, 6.45) is 2.84. The Morgan fingerprint density at radius 2 is 2.18 bits per heavy atom. The van der Waals surface area contributed by atoms with E-state index in [0.29, 0.717) is 4.90 Å². The molecule has 6 heteroatoms. The first-order chi connectivity index (χ1) is 7.95. The van der Waals surface area contributed by atoms with E-state index in [9.17, 15) is 8.42 Å². The summed E-state index contributed by atoms with van der Waals surface area (Å²) in [5.74, 6) is 0.947. The van der Waals surface area contributed by atoms with Crippen molar-refractivity contribution in [2.75, 3.05) is 12.0 Å². The fraction of sp³-hybridized carbons (Fsp3) is 0.455. The van der Waals surface area contributed by atoms with Crippen molar-refractivity contribution in [2.45, 2.75) is 24.3 Å². The van der Waals surface area contributed by atoms with Crippen LogP contribution in [0.5, 0.6) is 0 Å². The number of hydrogen-bond acceptors (Lipinski definition) is 3. The second-order valence-electron chi connectivity index (χ2n) is 3.76. The summed E-state index contributed by atoms with van der Waals surface area (Å²) in [4.78, 5) is 0.294. The van der Waals surface area contributed by atoms with Crippen molar-refractivity contribution in [3.8, 4) is 0 Å². The van der Waals surface area contributed by atoms with Crippen LogP contribution in [-0.4, -0.2) is 26.5 Å². The van der Waals surface area contributed by atoms with Crippen LogP contribution >= 0.6 is 27.7 Å². The van der Waals surface area contributed by atoms with Gasteiger partial charge in [-0.25, -0.2) is 13.1 Å². The van der Waals surface area contributed by atoms with Crippen LogP contribution in [0.25, 0.3) is 0 Å². The van der Waals surface area contributed by atoms with Gasteiger partial charge in [-0.1, -0.05) is 22.0 Å². The Hall–Kier alpha value is -0.0400. The molecule has 0 amide bonds. The Bertz CT molecular complexity index is 462. The van der Waals surface area contributed by atoms with Gasteiger partial charge in [0, 0.05) is 10.5 Å². The molecular formula is C11H16BrNO2S2. The molecule has 17 heavy (non-hydrogen) atoms. The van der Waals surface area contributed by atoms with E-state index in [2.05, 4.69) is 20.7 Å². The lowest BCUT2D eigenvalue weighted by molar-refractivity contribution is 0.557. The largest absolute Gasteiger partial charge is 0.240 e. The van der Waals surface area contributed by atoms with Gasteiger partial charge in [-0.15, -0.1) is 0 Å². The zero-order chi connectivity index (χ0) is 12.9. The molecular weight excluding hydrogens is 322 g/mol. The SMILES string of the molecule is CSCCC(C)NS(=O)(=O)c1cccc(Br)c1. The third-order valence-corrected chi connectivity index (χ3v) is 4.94. The Morgan fingerprint density at radius 3 is 2.76 bits per heavy atom. The van der Waals surface area contributed by atoms with Gasteiger partial charge in [-0.2, -0.15) is 11.8 Å². The average molecular weight is 338 g/mol. The molecule has 0 radical (unpaired) electrons. The Labute approximate surface area is 116 Å². The van der Waals surface area contributed by atoms with E-state index in [4.69, 9.17) is 0 Å². The molecule has 0 heterocycles. The maximum Gasteiger partial charge on any atom is 0.240 e. The van der Waals surface area contributed by atoms with Gasteiger partial charge in [0.1, 0.15) is 0 Å². The average Bonchev–Trinajstić information content (AvgIpc) is 2.26. The molecule has 0 saturated carbocycles. The van der Waals surface area contributed by atoms with Crippen LogP contribution < -0.4 is 4.72 Å². The number of benzene rings is 1. The van der Waals surface area contributed by atoms with Crippen LogP contribution in [0.4, 0.5) is 0 Å². The maximum atomic E-state index is 12.0. The number of rotatable bonds is 6. The summed E-state index contributed by atoms with van der Waals surface area (Å²) in [5, 5.41) is 0. The van der Waals surface area contributed by atoms with Gasteiger partial charge < -0.3 is 0 Å². The lowest BCUT2D eigenvalue weighted by Gasteiger charge is -2.13. The van der Waals surface area contributed by atoms with Crippen LogP contribution in [0, 0.1) is 0 Å². The van der Waals surface area contributed by atoms with Crippen molar-refractivity contribution in [3.05, 3.63) is 28.7 Å². The molecule has 0 fully saturated rings. The summed E-state index contributed by atoms with van der Waals surface area (Å²) in [6.45, 7) is 1.88. The summed E-state index contributed by atoms with van der Waals surface area (Å²) < 4.78 is 27.5. The Morgan fingerprint density at radius 1 is 1.47 bits per heavy atom. The molecule has 0 aromatic heterocycles. The highest BCUT2D eigenvalue weighted by Gasteiger charge is 2.16. The van der Waals surface area contributed by atoms with Crippen LogP contribution in [0.15, 0.2) is 33.6 Å². The molecule has 1 unspecified atom stereocenters. The van der Waals surface area contributed by atoms with Crippen molar-refractivity contribution >= 4 is 37.7 Å². The van der Waals surface area contributed by atoms with Crippen molar-refractivity contribution < 1.29 is 8.42 Å². The van der Waals surface area contributed by atoms with Gasteiger partial charge >= 0.3 is 0 Å². The van der Waals surface area contributed by atoms with Gasteiger partial charge in [-0.3, -0.25) is 0 Å². The maximum absolute atomic E-state index is 12.0. The molecule has 0 saturated heterocycles. The molecule has 0 aliphatic rings. The van der Waals surface area contributed by atoms with E-state index in [0.717, 1.165) is 16.6 Å². The van der Waals surface area contributed by atoms with Gasteiger partial charge in [0.15, 0.2) is 0 Å². The molecule has 0 spiro atoms. The quantitative estimate of drug-likeness (QED) is 0.868. The molecule has 96 valence electrons. The van der Waals surface area contributed by atoms with E-state index in [1.165, 1.54) is 0 Å². The van der Waals surface area contributed by atoms with Gasteiger partial charge in [-0.05, 0) is 43.6 Å². The normalized spacial score (nSPS) is 13.6. The van der Waals surface area contributed by atoms with E-state index in [1.807, 2.05) is 13.2 Å². The minimum Gasteiger partial charge on any atom is -0.208 e. The fourth-order valence-electron chi connectivity index (χ4n) is 1.32. The first-order valence-electron chi connectivity index (χ1n) is 5.22. The smallest absolute Gasteiger partial charge is 0.208 e. The highest BCUT2D eigenvalue weighted by atomic mass is 79.9. The number of thioether (sulfide) groups is 1. The number of sulfonamides is 1. The van der Waals surface area contributed by atoms with Gasteiger partial charge in [0.2, 0.25) is 10.0 Å². The third kappa shape index (κ3) is 4.99. The summed E-state index contributed by atoms with van der Waals surface area (Å²) in [5.41, 5.74) is 0. The van der Waals surface area contributed by atoms with Crippen molar-refractivity contribution in [1.29, 1.82) is 0 Å². The predicted octanol–water partition coefficient (Wildman–Crippen LogP) is 2.87. The van der Waals surface area contributed by atoms with Crippen molar-refractivity contribution in [3.63, 3.8) is 0 Å². The summed E-state index contributed by atoms with van der Waals surface area (Å²) in [7, 11) is -3.40. The Kier molecular flexibility index (Phi) is 5.99. The minimum absolute atomic E-state index is 0.0496. The molecule has 0 bridgehead atoms. The van der Waals surface area contributed by atoms with Crippen LogP contribution in [0.3, 0.4) is 0 Å². The molecule has 1 N–H and O–H groups in total. The van der Waals surface area contributed by atoms with E-state index < -0.39 is 10.0 Å². The lowest BCUT2D eigenvalue weighted by Crippen LogP contribution is -2.32. The summed E-state index contributed by atoms with van der Waals surface area (Å²) in [6, 6.07) is 6.66. The fourth-order valence-corrected chi connectivity index (χ4v) is 3.78. The number of halogens is 1. The molecule has 1 rings (SSSR count). The summed E-state index contributed by atoms with van der Waals surface area (Å²) >= 11 is 4.98.